The summed E-state index contributed by atoms with van der Waals surface area (Å²) in [7, 11) is 3.33. The Morgan fingerprint density at radius 2 is 2.24 bits per heavy atom. The molecule has 0 radical (unpaired) electrons. The van der Waals surface area contributed by atoms with Crippen LogP contribution in [0.5, 0.6) is 5.75 Å². The van der Waals surface area contributed by atoms with Crippen LogP contribution in [0.15, 0.2) is 18.2 Å². The predicted molar refractivity (Wildman–Crippen MR) is 80.5 cm³/mol. The summed E-state index contributed by atoms with van der Waals surface area (Å²) < 4.78 is 15.8. The van der Waals surface area contributed by atoms with Crippen molar-refractivity contribution in [3.63, 3.8) is 0 Å². The Hall–Kier alpha value is -1.14. The van der Waals surface area contributed by atoms with E-state index in [1.54, 1.807) is 14.2 Å². The van der Waals surface area contributed by atoms with Crippen molar-refractivity contribution < 1.29 is 19.3 Å². The van der Waals surface area contributed by atoms with E-state index in [1.165, 1.54) is 0 Å². The van der Waals surface area contributed by atoms with Gasteiger partial charge in [0.25, 0.3) is 0 Å². The van der Waals surface area contributed by atoms with Crippen LogP contribution in [0.4, 0.5) is 0 Å². The first-order valence-corrected chi connectivity index (χ1v) is 7.27. The molecule has 0 aliphatic carbocycles. The Bertz CT molecular complexity index is 458. The van der Waals surface area contributed by atoms with Crippen molar-refractivity contribution in [2.75, 3.05) is 34.0 Å². The molecule has 2 N–H and O–H groups in total. The fourth-order valence-electron chi connectivity index (χ4n) is 2.53. The number of benzene rings is 1. The number of nitrogens with one attached hydrogen (secondary N) is 1. The molecule has 0 amide bonds. The van der Waals surface area contributed by atoms with E-state index in [0.29, 0.717) is 32.8 Å². The van der Waals surface area contributed by atoms with Crippen molar-refractivity contribution in [2.45, 2.75) is 31.6 Å². The van der Waals surface area contributed by atoms with Crippen molar-refractivity contribution in [1.82, 2.24) is 5.32 Å². The lowest BCUT2D eigenvalue weighted by atomic mass is 10.0. The second kappa shape index (κ2) is 7.22. The van der Waals surface area contributed by atoms with Crippen molar-refractivity contribution in [3.05, 3.63) is 29.3 Å². The molecule has 1 aromatic carbocycles. The van der Waals surface area contributed by atoms with E-state index in [0.717, 1.165) is 16.9 Å². The van der Waals surface area contributed by atoms with Crippen molar-refractivity contribution >= 4 is 0 Å². The van der Waals surface area contributed by atoms with Gasteiger partial charge < -0.3 is 24.6 Å². The van der Waals surface area contributed by atoms with Gasteiger partial charge in [0.15, 0.2) is 0 Å². The van der Waals surface area contributed by atoms with Crippen molar-refractivity contribution in [3.8, 4) is 5.75 Å². The largest absolute Gasteiger partial charge is 0.496 e. The van der Waals surface area contributed by atoms with Gasteiger partial charge >= 0.3 is 0 Å². The molecule has 0 bridgehead atoms. The van der Waals surface area contributed by atoms with E-state index in [9.17, 15) is 5.11 Å². The molecule has 0 saturated carbocycles. The first-order chi connectivity index (χ1) is 10.1. The lowest BCUT2D eigenvalue weighted by Gasteiger charge is -2.24. The summed E-state index contributed by atoms with van der Waals surface area (Å²) in [6.07, 6.45) is 0.685. The van der Waals surface area contributed by atoms with Gasteiger partial charge in [0.1, 0.15) is 11.4 Å². The Morgan fingerprint density at radius 1 is 1.43 bits per heavy atom. The van der Waals surface area contributed by atoms with E-state index in [-0.39, 0.29) is 6.04 Å². The quantitative estimate of drug-likeness (QED) is 0.801. The van der Waals surface area contributed by atoms with Crippen LogP contribution in [0.3, 0.4) is 0 Å². The minimum Gasteiger partial charge on any atom is -0.496 e. The molecule has 5 nitrogen and oxygen atoms in total. The summed E-state index contributed by atoms with van der Waals surface area (Å²) in [6.45, 7) is 4.16. The highest BCUT2D eigenvalue weighted by atomic mass is 16.5. The first kappa shape index (κ1) is 16.2. The zero-order valence-electron chi connectivity index (χ0n) is 13.0. The first-order valence-electron chi connectivity index (χ1n) is 7.27. The van der Waals surface area contributed by atoms with Crippen LogP contribution in [0.25, 0.3) is 0 Å². The number of hydrogen-bond acceptors (Lipinski definition) is 5. The SMILES string of the molecule is COCc1cc(C(C)NCC2(O)CCOC2)ccc1OC. The Kier molecular flexibility index (Phi) is 5.58. The van der Waals surface area contributed by atoms with Crippen molar-refractivity contribution in [1.29, 1.82) is 0 Å². The van der Waals surface area contributed by atoms with Gasteiger partial charge in [-0.3, -0.25) is 0 Å². The minimum atomic E-state index is -0.740. The average Bonchev–Trinajstić information content (AvgIpc) is 2.92. The summed E-state index contributed by atoms with van der Waals surface area (Å²) in [5.74, 6) is 0.829. The molecule has 1 saturated heterocycles. The standard InChI is InChI=1S/C16H25NO4/c1-12(17-10-16(18)6-7-21-11-16)13-4-5-15(20-3)14(8-13)9-19-2/h4-5,8,12,17-18H,6-7,9-11H2,1-3H3. The highest BCUT2D eigenvalue weighted by Crippen LogP contribution is 2.25. The molecule has 1 aliphatic heterocycles. The molecule has 1 heterocycles. The molecule has 118 valence electrons. The highest BCUT2D eigenvalue weighted by molar-refractivity contribution is 5.38. The second-order valence-electron chi connectivity index (χ2n) is 5.63. The average molecular weight is 295 g/mol. The smallest absolute Gasteiger partial charge is 0.124 e. The van der Waals surface area contributed by atoms with Gasteiger partial charge in [0, 0.05) is 38.3 Å². The van der Waals surface area contributed by atoms with E-state index in [2.05, 4.69) is 18.3 Å². The van der Waals surface area contributed by atoms with E-state index < -0.39 is 5.60 Å². The van der Waals surface area contributed by atoms with E-state index in [4.69, 9.17) is 14.2 Å². The fraction of sp³-hybridized carbons (Fsp3) is 0.625. The summed E-state index contributed by atoms with van der Waals surface area (Å²) in [5.41, 5.74) is 1.43. The predicted octanol–water partition coefficient (Wildman–Crippen LogP) is 1.64. The number of methoxy groups -OCH3 is 2. The lowest BCUT2D eigenvalue weighted by Crippen LogP contribution is -2.41. The third kappa shape index (κ3) is 4.17. The second-order valence-corrected chi connectivity index (χ2v) is 5.63. The zero-order valence-corrected chi connectivity index (χ0v) is 13.0. The van der Waals surface area contributed by atoms with Gasteiger partial charge in [-0.05, 0) is 24.6 Å². The summed E-state index contributed by atoms with van der Waals surface area (Å²) >= 11 is 0. The lowest BCUT2D eigenvalue weighted by molar-refractivity contribution is 0.0252. The van der Waals surface area contributed by atoms with Crippen LogP contribution < -0.4 is 10.1 Å². The highest BCUT2D eigenvalue weighted by Gasteiger charge is 2.32. The number of ether oxygens (including phenoxy) is 3. The zero-order chi connectivity index (χ0) is 15.3. The normalized spacial score (nSPS) is 23.2. The summed E-state index contributed by atoms with van der Waals surface area (Å²) in [6, 6.07) is 6.20. The van der Waals surface area contributed by atoms with Gasteiger partial charge in [0.2, 0.25) is 0 Å². The topological polar surface area (TPSA) is 60.0 Å². The molecular formula is C16H25NO4. The molecule has 21 heavy (non-hydrogen) atoms. The molecule has 5 heteroatoms. The molecule has 1 aromatic rings. The molecule has 2 unspecified atom stereocenters. The molecule has 0 spiro atoms. The van der Waals surface area contributed by atoms with Gasteiger partial charge in [-0.25, -0.2) is 0 Å². The van der Waals surface area contributed by atoms with Crippen LogP contribution in [-0.4, -0.2) is 44.7 Å². The summed E-state index contributed by atoms with van der Waals surface area (Å²) in [4.78, 5) is 0. The van der Waals surface area contributed by atoms with E-state index in [1.807, 2.05) is 12.1 Å². The maximum absolute atomic E-state index is 10.3. The van der Waals surface area contributed by atoms with Crippen LogP contribution in [0.1, 0.15) is 30.5 Å². The Morgan fingerprint density at radius 3 is 2.86 bits per heavy atom. The number of aliphatic hydroxyl groups is 1. The third-order valence-electron chi connectivity index (χ3n) is 3.92. The number of rotatable bonds is 7. The third-order valence-corrected chi connectivity index (χ3v) is 3.92. The van der Waals surface area contributed by atoms with E-state index >= 15 is 0 Å². The maximum Gasteiger partial charge on any atom is 0.124 e. The monoisotopic (exact) mass is 295 g/mol. The molecule has 1 aliphatic rings. The molecular weight excluding hydrogens is 270 g/mol. The van der Waals surface area contributed by atoms with Crippen LogP contribution in [0, 0.1) is 0 Å². The van der Waals surface area contributed by atoms with Gasteiger partial charge in [-0.15, -0.1) is 0 Å². The van der Waals surface area contributed by atoms with Crippen LogP contribution in [0.2, 0.25) is 0 Å². The van der Waals surface area contributed by atoms with Crippen LogP contribution in [-0.2, 0) is 16.1 Å². The van der Waals surface area contributed by atoms with Crippen LogP contribution >= 0.6 is 0 Å². The van der Waals surface area contributed by atoms with Gasteiger partial charge in [-0.2, -0.15) is 0 Å². The van der Waals surface area contributed by atoms with Crippen molar-refractivity contribution in [2.24, 2.45) is 0 Å². The fourth-order valence-corrected chi connectivity index (χ4v) is 2.53. The minimum absolute atomic E-state index is 0.135. The Labute approximate surface area is 126 Å². The van der Waals surface area contributed by atoms with Gasteiger partial charge in [0.05, 0.1) is 20.3 Å². The molecule has 1 fully saturated rings. The summed E-state index contributed by atoms with van der Waals surface area (Å²) in [5, 5.41) is 13.7. The maximum atomic E-state index is 10.3. The molecule has 0 aromatic heterocycles. The molecule has 2 rings (SSSR count). The van der Waals surface area contributed by atoms with Gasteiger partial charge in [-0.1, -0.05) is 6.07 Å². The number of hydrogen-bond donors (Lipinski definition) is 2. The molecule has 2 atom stereocenters. The Balaban J connectivity index is 2.01.